The minimum atomic E-state index is -0.227. The predicted octanol–water partition coefficient (Wildman–Crippen LogP) is 4.14. The molecule has 1 atom stereocenters. The zero-order valence-electron chi connectivity index (χ0n) is 11.6. The number of hydrogen-bond donors (Lipinski definition) is 1. The van der Waals surface area contributed by atoms with Crippen molar-refractivity contribution in [2.45, 2.75) is 19.5 Å². The smallest absolute Gasteiger partial charge is 0.123 e. The average molecular weight is 293 g/mol. The van der Waals surface area contributed by atoms with Crippen LogP contribution in [0.25, 0.3) is 0 Å². The van der Waals surface area contributed by atoms with Crippen molar-refractivity contribution in [1.82, 2.24) is 0 Å². The van der Waals surface area contributed by atoms with Crippen molar-refractivity contribution in [3.8, 4) is 0 Å². The van der Waals surface area contributed by atoms with Gasteiger partial charge in [-0.1, -0.05) is 29.8 Å². The van der Waals surface area contributed by atoms with Gasteiger partial charge in [-0.05, 0) is 42.3 Å². The van der Waals surface area contributed by atoms with E-state index in [1.165, 1.54) is 12.1 Å². The molecule has 2 nitrogen and oxygen atoms in total. The second kappa shape index (κ2) is 6.25. The summed E-state index contributed by atoms with van der Waals surface area (Å²) in [7, 11) is 1.93. The van der Waals surface area contributed by atoms with E-state index in [1.54, 1.807) is 6.07 Å². The predicted molar refractivity (Wildman–Crippen MR) is 82.6 cm³/mol. The molecule has 2 aromatic rings. The van der Waals surface area contributed by atoms with Crippen LogP contribution in [0.5, 0.6) is 0 Å². The van der Waals surface area contributed by atoms with Crippen LogP contribution in [0.4, 0.5) is 10.1 Å². The van der Waals surface area contributed by atoms with Gasteiger partial charge in [-0.25, -0.2) is 4.39 Å². The molecule has 0 fully saturated rings. The lowest BCUT2D eigenvalue weighted by Gasteiger charge is -2.21. The Kier molecular flexibility index (Phi) is 4.63. The molecular weight excluding hydrogens is 275 g/mol. The third-order valence-electron chi connectivity index (χ3n) is 3.22. The molecule has 0 radical (unpaired) electrons. The lowest BCUT2D eigenvalue weighted by atomic mass is 10.1. The van der Waals surface area contributed by atoms with Gasteiger partial charge in [0, 0.05) is 19.6 Å². The number of halogens is 2. The molecule has 2 aromatic carbocycles. The van der Waals surface area contributed by atoms with Crippen molar-refractivity contribution in [2.75, 3.05) is 11.9 Å². The number of nitrogens with zero attached hydrogens (tertiary/aromatic N) is 1. The molecular formula is C16H18ClFN2. The van der Waals surface area contributed by atoms with Crippen LogP contribution in [0.15, 0.2) is 42.5 Å². The molecule has 4 heteroatoms. The van der Waals surface area contributed by atoms with E-state index in [0.29, 0.717) is 11.6 Å². The van der Waals surface area contributed by atoms with Gasteiger partial charge in [-0.3, -0.25) is 0 Å². The summed E-state index contributed by atoms with van der Waals surface area (Å²) in [4.78, 5) is 1.99. The van der Waals surface area contributed by atoms with Crippen LogP contribution in [0, 0.1) is 5.82 Å². The number of benzene rings is 2. The molecule has 0 heterocycles. The van der Waals surface area contributed by atoms with Crippen molar-refractivity contribution in [3.63, 3.8) is 0 Å². The van der Waals surface area contributed by atoms with Crippen LogP contribution in [-0.2, 0) is 6.54 Å². The Balaban J connectivity index is 2.19. The molecule has 20 heavy (non-hydrogen) atoms. The molecule has 0 amide bonds. The Morgan fingerprint density at radius 2 is 2.00 bits per heavy atom. The molecule has 0 saturated carbocycles. The molecule has 0 saturated heterocycles. The summed E-state index contributed by atoms with van der Waals surface area (Å²) in [6.07, 6.45) is 0. The van der Waals surface area contributed by atoms with Crippen molar-refractivity contribution in [2.24, 2.45) is 5.73 Å². The molecule has 0 aliphatic rings. The summed E-state index contributed by atoms with van der Waals surface area (Å²) in [5, 5.41) is 0.652. The highest BCUT2D eigenvalue weighted by atomic mass is 35.5. The minimum Gasteiger partial charge on any atom is -0.369 e. The maximum absolute atomic E-state index is 13.2. The van der Waals surface area contributed by atoms with Crippen LogP contribution in [0.1, 0.15) is 24.1 Å². The van der Waals surface area contributed by atoms with E-state index in [-0.39, 0.29) is 11.9 Å². The fraction of sp³-hybridized carbons (Fsp3) is 0.250. The first-order chi connectivity index (χ1) is 9.47. The Bertz CT molecular complexity index is 599. The number of rotatable bonds is 4. The summed E-state index contributed by atoms with van der Waals surface area (Å²) in [6, 6.07) is 12.3. The zero-order chi connectivity index (χ0) is 14.7. The first kappa shape index (κ1) is 14.8. The van der Waals surface area contributed by atoms with Gasteiger partial charge in [-0.15, -0.1) is 0 Å². The minimum absolute atomic E-state index is 0.0462. The fourth-order valence-corrected chi connectivity index (χ4v) is 2.44. The summed E-state index contributed by atoms with van der Waals surface area (Å²) in [5.41, 5.74) is 8.64. The molecule has 1 unspecified atom stereocenters. The number of anilines is 1. The van der Waals surface area contributed by atoms with Crippen molar-refractivity contribution < 1.29 is 4.39 Å². The van der Waals surface area contributed by atoms with Gasteiger partial charge in [0.1, 0.15) is 5.82 Å². The highest BCUT2D eigenvalue weighted by Gasteiger charge is 2.09. The summed E-state index contributed by atoms with van der Waals surface area (Å²) < 4.78 is 13.2. The third kappa shape index (κ3) is 3.50. The van der Waals surface area contributed by atoms with Crippen LogP contribution in [0.2, 0.25) is 5.02 Å². The summed E-state index contributed by atoms with van der Waals surface area (Å²) in [6.45, 7) is 2.51. The topological polar surface area (TPSA) is 29.3 Å². The first-order valence-electron chi connectivity index (χ1n) is 6.48. The molecule has 2 rings (SSSR count). The first-order valence-corrected chi connectivity index (χ1v) is 6.86. The Hall–Kier alpha value is -1.58. The van der Waals surface area contributed by atoms with Gasteiger partial charge in [0.05, 0.1) is 10.7 Å². The van der Waals surface area contributed by atoms with E-state index in [1.807, 2.05) is 43.1 Å². The monoisotopic (exact) mass is 292 g/mol. The SMILES string of the molecule is CC(N)c1ccc(N(C)Cc2cccc(F)c2)c(Cl)c1. The largest absolute Gasteiger partial charge is 0.369 e. The molecule has 0 aliphatic carbocycles. The van der Waals surface area contributed by atoms with E-state index in [0.717, 1.165) is 16.8 Å². The quantitative estimate of drug-likeness (QED) is 0.918. The molecule has 2 N–H and O–H groups in total. The van der Waals surface area contributed by atoms with E-state index in [9.17, 15) is 4.39 Å². The Morgan fingerprint density at radius 3 is 2.60 bits per heavy atom. The van der Waals surface area contributed by atoms with Crippen LogP contribution < -0.4 is 10.6 Å². The lowest BCUT2D eigenvalue weighted by Crippen LogP contribution is -2.17. The number of hydrogen-bond acceptors (Lipinski definition) is 2. The fourth-order valence-electron chi connectivity index (χ4n) is 2.11. The second-order valence-electron chi connectivity index (χ2n) is 4.99. The van der Waals surface area contributed by atoms with Gasteiger partial charge in [0.15, 0.2) is 0 Å². The van der Waals surface area contributed by atoms with Crippen molar-refractivity contribution in [3.05, 3.63) is 64.4 Å². The maximum atomic E-state index is 13.2. The maximum Gasteiger partial charge on any atom is 0.123 e. The molecule has 0 bridgehead atoms. The Labute approximate surface area is 124 Å². The molecule has 106 valence electrons. The van der Waals surface area contributed by atoms with Gasteiger partial charge in [0.25, 0.3) is 0 Å². The normalized spacial score (nSPS) is 12.2. The lowest BCUT2D eigenvalue weighted by molar-refractivity contribution is 0.625. The Morgan fingerprint density at radius 1 is 1.25 bits per heavy atom. The highest BCUT2D eigenvalue weighted by Crippen LogP contribution is 2.28. The van der Waals surface area contributed by atoms with Crippen LogP contribution >= 0.6 is 11.6 Å². The number of nitrogens with two attached hydrogens (primary N) is 1. The molecule has 0 aromatic heterocycles. The van der Waals surface area contributed by atoms with Gasteiger partial charge >= 0.3 is 0 Å². The van der Waals surface area contributed by atoms with Gasteiger partial charge in [0.2, 0.25) is 0 Å². The highest BCUT2D eigenvalue weighted by molar-refractivity contribution is 6.33. The second-order valence-corrected chi connectivity index (χ2v) is 5.39. The van der Waals surface area contributed by atoms with Crippen LogP contribution in [0.3, 0.4) is 0 Å². The molecule has 0 spiro atoms. The van der Waals surface area contributed by atoms with Crippen molar-refractivity contribution >= 4 is 17.3 Å². The molecule has 0 aliphatic heterocycles. The van der Waals surface area contributed by atoms with Crippen molar-refractivity contribution in [1.29, 1.82) is 0 Å². The zero-order valence-corrected chi connectivity index (χ0v) is 12.4. The van der Waals surface area contributed by atoms with E-state index >= 15 is 0 Å². The van der Waals surface area contributed by atoms with Gasteiger partial charge < -0.3 is 10.6 Å². The van der Waals surface area contributed by atoms with Gasteiger partial charge in [-0.2, -0.15) is 0 Å². The van der Waals surface area contributed by atoms with E-state index in [2.05, 4.69) is 0 Å². The third-order valence-corrected chi connectivity index (χ3v) is 3.52. The average Bonchev–Trinajstić information content (AvgIpc) is 2.38. The standard InChI is InChI=1S/C16H18ClFN2/c1-11(19)13-6-7-16(15(17)9-13)20(2)10-12-4-3-5-14(18)8-12/h3-9,11H,10,19H2,1-2H3. The summed E-state index contributed by atoms with van der Waals surface area (Å²) >= 11 is 6.29. The summed E-state index contributed by atoms with van der Waals surface area (Å²) in [5.74, 6) is -0.227. The van der Waals surface area contributed by atoms with Crippen LogP contribution in [-0.4, -0.2) is 7.05 Å². The van der Waals surface area contributed by atoms with E-state index in [4.69, 9.17) is 17.3 Å². The van der Waals surface area contributed by atoms with E-state index < -0.39 is 0 Å².